The summed E-state index contributed by atoms with van der Waals surface area (Å²) in [5.41, 5.74) is 4.11. The summed E-state index contributed by atoms with van der Waals surface area (Å²) in [6.45, 7) is 14.4. The van der Waals surface area contributed by atoms with Crippen LogP contribution in [-0.4, -0.2) is 88.3 Å². The quantitative estimate of drug-likeness (QED) is 0.178. The average Bonchev–Trinajstić information content (AvgIpc) is 3.61. The molecule has 0 atom stereocenters. The molecule has 1 amide bonds. The lowest BCUT2D eigenvalue weighted by atomic mass is 10.3. The Balaban J connectivity index is 1.49. The first kappa shape index (κ1) is 28.9. The number of amides is 1. The highest BCUT2D eigenvalue weighted by Crippen LogP contribution is 2.29. The van der Waals surface area contributed by atoms with Crippen molar-refractivity contribution in [2.45, 2.75) is 46.3 Å². The Morgan fingerprint density at radius 2 is 1.97 bits per heavy atom. The van der Waals surface area contributed by atoms with Gasteiger partial charge in [-0.2, -0.15) is 5.10 Å². The number of hydrogen-bond donors (Lipinski definition) is 1. The number of hydrogen-bond acceptors (Lipinski definition) is 8. The summed E-state index contributed by atoms with van der Waals surface area (Å²) in [7, 11) is 2.90. The van der Waals surface area contributed by atoms with Gasteiger partial charge < -0.3 is 19.9 Å². The number of thiophene rings is 1. The van der Waals surface area contributed by atoms with Gasteiger partial charge in [-0.25, -0.2) is 14.6 Å². The van der Waals surface area contributed by atoms with E-state index in [1.54, 1.807) is 0 Å². The van der Waals surface area contributed by atoms with Crippen LogP contribution in [0.1, 0.15) is 23.0 Å². The van der Waals surface area contributed by atoms with Gasteiger partial charge in [0.05, 0.1) is 34.3 Å². The molecule has 4 aromatic rings. The van der Waals surface area contributed by atoms with Crippen molar-refractivity contribution in [3.63, 3.8) is 0 Å². The zero-order valence-corrected chi connectivity index (χ0v) is 25.9. The molecule has 0 unspecified atom stereocenters. The van der Waals surface area contributed by atoms with Gasteiger partial charge >= 0.3 is 0 Å². The van der Waals surface area contributed by atoms with Crippen LogP contribution >= 0.6 is 11.3 Å². The molecule has 10 nitrogen and oxygen atoms in total. The Bertz CT molecular complexity index is 1400. The van der Waals surface area contributed by atoms with Crippen molar-refractivity contribution in [3.8, 4) is 11.3 Å². The predicted molar refractivity (Wildman–Crippen MR) is 161 cm³/mol. The highest BCUT2D eigenvalue weighted by atomic mass is 32.1. The van der Waals surface area contributed by atoms with Crippen molar-refractivity contribution in [3.05, 3.63) is 47.5 Å². The molecule has 0 spiro atoms. The molecule has 39 heavy (non-hydrogen) atoms. The fourth-order valence-electron chi connectivity index (χ4n) is 4.05. The van der Waals surface area contributed by atoms with Crippen LogP contribution in [0.4, 0.5) is 10.8 Å². The van der Waals surface area contributed by atoms with Gasteiger partial charge in [0.1, 0.15) is 6.73 Å². The number of carbonyl (C=O) groups is 1. The molecule has 0 aliphatic carbocycles. The second-order valence-electron chi connectivity index (χ2n) is 11.2. The van der Waals surface area contributed by atoms with Crippen molar-refractivity contribution < 1.29 is 9.53 Å². The molecular weight excluding hydrogens is 529 g/mol. The number of rotatable bonds is 13. The van der Waals surface area contributed by atoms with E-state index in [-0.39, 0.29) is 5.91 Å². The summed E-state index contributed by atoms with van der Waals surface area (Å²) >= 11 is 1.49. The number of aromatic nitrogens is 5. The van der Waals surface area contributed by atoms with Gasteiger partial charge in [0, 0.05) is 57.7 Å². The molecule has 4 heterocycles. The highest BCUT2D eigenvalue weighted by molar-refractivity contribution is 7.14. The van der Waals surface area contributed by atoms with E-state index in [2.05, 4.69) is 39.9 Å². The SMILES string of the molecule is CCN(CCN(C)C)C(=O)c1csc(Nc2nc(C)cn3c(-c4cnn(COCC[Si](C)(C)C)c4)cnc23)c1. The Morgan fingerprint density at radius 1 is 1.18 bits per heavy atom. The molecule has 12 heteroatoms. The Morgan fingerprint density at radius 3 is 2.69 bits per heavy atom. The van der Waals surface area contributed by atoms with Crippen molar-refractivity contribution in [1.82, 2.24) is 33.9 Å². The van der Waals surface area contributed by atoms with Crippen LogP contribution in [-0.2, 0) is 11.5 Å². The van der Waals surface area contributed by atoms with Crippen molar-refractivity contribution in [1.29, 1.82) is 0 Å². The molecule has 0 aliphatic heterocycles. The molecule has 4 rings (SSSR count). The molecule has 4 aromatic heterocycles. The van der Waals surface area contributed by atoms with E-state index in [4.69, 9.17) is 9.72 Å². The number of anilines is 2. The van der Waals surface area contributed by atoms with E-state index in [1.165, 1.54) is 11.3 Å². The van der Waals surface area contributed by atoms with Gasteiger partial charge in [-0.3, -0.25) is 9.20 Å². The minimum Gasteiger partial charge on any atom is -0.360 e. The van der Waals surface area contributed by atoms with Crippen LogP contribution < -0.4 is 5.32 Å². The van der Waals surface area contributed by atoms with Crippen LogP contribution in [0.3, 0.4) is 0 Å². The first-order valence-corrected chi connectivity index (χ1v) is 17.9. The maximum absolute atomic E-state index is 13.0. The maximum atomic E-state index is 13.0. The minimum atomic E-state index is -1.12. The van der Waals surface area contributed by atoms with Crippen LogP contribution in [0.2, 0.25) is 25.7 Å². The molecule has 1 N–H and O–H groups in total. The lowest BCUT2D eigenvalue weighted by molar-refractivity contribution is 0.0754. The van der Waals surface area contributed by atoms with Crippen LogP contribution in [0.25, 0.3) is 16.9 Å². The van der Waals surface area contributed by atoms with Crippen LogP contribution in [0.15, 0.2) is 36.2 Å². The van der Waals surface area contributed by atoms with Gasteiger partial charge in [-0.15, -0.1) is 11.3 Å². The first-order valence-electron chi connectivity index (χ1n) is 13.3. The molecule has 0 bridgehead atoms. The summed E-state index contributed by atoms with van der Waals surface area (Å²) in [6.07, 6.45) is 7.62. The predicted octanol–water partition coefficient (Wildman–Crippen LogP) is 5.04. The highest BCUT2D eigenvalue weighted by Gasteiger charge is 2.18. The van der Waals surface area contributed by atoms with Gasteiger partial charge in [0.15, 0.2) is 11.5 Å². The largest absolute Gasteiger partial charge is 0.360 e. The molecule has 0 saturated carbocycles. The zero-order valence-electron chi connectivity index (χ0n) is 24.1. The third-order valence-electron chi connectivity index (χ3n) is 6.34. The van der Waals surface area contributed by atoms with Crippen molar-refractivity contribution >= 4 is 41.8 Å². The minimum absolute atomic E-state index is 0.0376. The third-order valence-corrected chi connectivity index (χ3v) is 8.89. The van der Waals surface area contributed by atoms with E-state index >= 15 is 0 Å². The summed E-state index contributed by atoms with van der Waals surface area (Å²) in [5.74, 6) is 0.680. The second-order valence-corrected chi connectivity index (χ2v) is 17.7. The van der Waals surface area contributed by atoms with E-state index in [0.717, 1.165) is 41.1 Å². The van der Waals surface area contributed by atoms with Gasteiger partial charge in [-0.05, 0) is 40.1 Å². The van der Waals surface area contributed by atoms with Crippen LogP contribution in [0, 0.1) is 6.92 Å². The normalized spacial score (nSPS) is 12.0. The Kier molecular flexibility index (Phi) is 9.21. The number of ether oxygens (including phenoxy) is 1. The van der Waals surface area contributed by atoms with E-state index in [9.17, 15) is 4.79 Å². The maximum Gasteiger partial charge on any atom is 0.254 e. The fourth-order valence-corrected chi connectivity index (χ4v) is 5.58. The number of likely N-dealkylation sites (N-methyl/N-ethyl adjacent to an activating group) is 2. The lowest BCUT2D eigenvalue weighted by Gasteiger charge is -2.22. The summed E-state index contributed by atoms with van der Waals surface area (Å²) in [5, 5.41) is 10.6. The van der Waals surface area contributed by atoms with Gasteiger partial charge in [-0.1, -0.05) is 19.6 Å². The van der Waals surface area contributed by atoms with E-state index in [1.807, 2.05) is 78.2 Å². The molecule has 0 fully saturated rings. The lowest BCUT2D eigenvalue weighted by Crippen LogP contribution is -2.36. The summed E-state index contributed by atoms with van der Waals surface area (Å²) in [4.78, 5) is 26.4. The number of imidazole rings is 1. The van der Waals surface area contributed by atoms with E-state index < -0.39 is 8.07 Å². The van der Waals surface area contributed by atoms with E-state index in [0.29, 0.717) is 36.8 Å². The molecular formula is C27H40N8O2SSi. The molecule has 0 aromatic carbocycles. The topological polar surface area (TPSA) is 92.8 Å². The smallest absolute Gasteiger partial charge is 0.254 e. The number of aryl methyl sites for hydroxylation is 1. The third kappa shape index (κ3) is 7.53. The zero-order chi connectivity index (χ0) is 28.2. The number of nitrogens with zero attached hydrogens (tertiary/aromatic N) is 7. The standard InChI is InChI=1S/C27H40N8O2SSi/c1-8-33(10-9-32(3)4)27(36)21-13-24(38-18-21)31-25-26-28-15-23(35(26)16-20(2)30-25)22-14-29-34(17-22)19-37-11-12-39(5,6)7/h13-18H,8-12,19H2,1-7H3,(H,30,31). The first-order chi connectivity index (χ1) is 18.5. The average molecular weight is 569 g/mol. The molecule has 0 radical (unpaired) electrons. The van der Waals surface area contributed by atoms with Crippen molar-refractivity contribution in [2.24, 2.45) is 0 Å². The van der Waals surface area contributed by atoms with Crippen molar-refractivity contribution in [2.75, 3.05) is 45.7 Å². The molecule has 0 saturated heterocycles. The number of nitrogens with one attached hydrogen (secondary N) is 1. The number of fused-ring (bicyclic) bond motifs is 1. The molecule has 210 valence electrons. The summed E-state index contributed by atoms with van der Waals surface area (Å²) < 4.78 is 9.69. The number of carbonyl (C=O) groups excluding carboxylic acids is 1. The van der Waals surface area contributed by atoms with Crippen LogP contribution in [0.5, 0.6) is 0 Å². The summed E-state index contributed by atoms with van der Waals surface area (Å²) in [6, 6.07) is 3.02. The Labute approximate surface area is 235 Å². The fraction of sp³-hybridized carbons (Fsp3) is 0.481. The second kappa shape index (κ2) is 12.4. The monoisotopic (exact) mass is 568 g/mol. The van der Waals surface area contributed by atoms with Gasteiger partial charge in [0.25, 0.3) is 5.91 Å². The molecule has 0 aliphatic rings. The van der Waals surface area contributed by atoms with Gasteiger partial charge in [0.2, 0.25) is 0 Å². The Hall–Kier alpha value is -3.06.